The first-order valence-electron chi connectivity index (χ1n) is 13.7. The number of rotatable bonds is 8. The fraction of sp³-hybridized carbons (Fsp3) is 0.467. The van der Waals surface area contributed by atoms with Gasteiger partial charge >= 0.3 is 0 Å². The number of carbonyl (C=O) groups excluding carboxylic acids is 2. The number of hydrogen-bond acceptors (Lipinski definition) is 7. The Balaban J connectivity index is 1.48. The van der Waals surface area contributed by atoms with Crippen LogP contribution in [0.1, 0.15) is 51.0 Å². The van der Waals surface area contributed by atoms with Gasteiger partial charge in [-0.25, -0.2) is 4.98 Å². The topological polar surface area (TPSA) is 105 Å². The minimum absolute atomic E-state index is 0.0132. The third-order valence-corrected chi connectivity index (χ3v) is 7.88. The van der Waals surface area contributed by atoms with Crippen molar-refractivity contribution in [3.63, 3.8) is 0 Å². The molecule has 0 spiro atoms. The number of anilines is 4. The Morgan fingerprint density at radius 2 is 1.79 bits per heavy atom. The number of nitriles is 1. The Hall–Kier alpha value is -3.90. The average molecular weight is 530 g/mol. The molecule has 2 N–H and O–H groups in total. The van der Waals surface area contributed by atoms with Crippen molar-refractivity contribution in [1.82, 2.24) is 9.88 Å². The van der Waals surface area contributed by atoms with Crippen molar-refractivity contribution < 1.29 is 9.59 Å². The van der Waals surface area contributed by atoms with Gasteiger partial charge in [0.25, 0.3) is 0 Å². The first kappa shape index (κ1) is 28.1. The fourth-order valence-corrected chi connectivity index (χ4v) is 5.74. The highest BCUT2D eigenvalue weighted by atomic mass is 16.2. The normalized spacial score (nSPS) is 19.7. The van der Waals surface area contributed by atoms with Crippen LogP contribution in [-0.4, -0.2) is 67.0 Å². The summed E-state index contributed by atoms with van der Waals surface area (Å²) in [7, 11) is 4.24. The molecule has 1 saturated carbocycles. The summed E-state index contributed by atoms with van der Waals surface area (Å²) < 4.78 is 0. The summed E-state index contributed by atoms with van der Waals surface area (Å²) in [4.78, 5) is 36.0. The van der Waals surface area contributed by atoms with Crippen molar-refractivity contribution >= 4 is 34.7 Å². The summed E-state index contributed by atoms with van der Waals surface area (Å²) in [6.07, 6.45) is 8.45. The lowest BCUT2D eigenvalue weighted by atomic mass is 9.89. The Labute approximate surface area is 231 Å². The zero-order valence-corrected chi connectivity index (χ0v) is 23.2. The van der Waals surface area contributed by atoms with E-state index >= 15 is 0 Å². The number of piperidine rings is 1. The van der Waals surface area contributed by atoms with Crippen LogP contribution in [0, 0.1) is 11.3 Å². The third kappa shape index (κ3) is 6.95. The third-order valence-electron chi connectivity index (χ3n) is 7.88. The Kier molecular flexibility index (Phi) is 9.20. The Morgan fingerprint density at radius 1 is 1.08 bits per heavy atom. The van der Waals surface area contributed by atoms with Gasteiger partial charge in [0.05, 0.1) is 16.9 Å². The molecule has 2 fully saturated rings. The number of nitrogens with one attached hydrogen (secondary N) is 2. The van der Waals surface area contributed by atoms with Gasteiger partial charge in [-0.3, -0.25) is 9.59 Å². The lowest BCUT2D eigenvalue weighted by Crippen LogP contribution is -2.43. The molecule has 0 bridgehead atoms. The highest BCUT2D eigenvalue weighted by Crippen LogP contribution is 2.36. The quantitative estimate of drug-likeness (QED) is 0.489. The van der Waals surface area contributed by atoms with Gasteiger partial charge in [0.15, 0.2) is 0 Å². The molecule has 2 amide bonds. The molecule has 1 aliphatic carbocycles. The van der Waals surface area contributed by atoms with E-state index in [2.05, 4.69) is 52.2 Å². The minimum atomic E-state index is -0.269. The zero-order chi connectivity index (χ0) is 27.9. The van der Waals surface area contributed by atoms with Crippen LogP contribution in [-0.2, 0) is 9.59 Å². The minimum Gasteiger partial charge on any atom is -0.370 e. The second kappa shape index (κ2) is 12.8. The zero-order valence-electron chi connectivity index (χ0n) is 23.2. The van der Waals surface area contributed by atoms with Crippen LogP contribution in [0.15, 0.2) is 49.2 Å². The van der Waals surface area contributed by atoms with Gasteiger partial charge in [-0.15, -0.1) is 0 Å². The van der Waals surface area contributed by atoms with E-state index < -0.39 is 0 Å². The molecule has 39 heavy (non-hydrogen) atoms. The largest absolute Gasteiger partial charge is 0.370 e. The second-order valence-corrected chi connectivity index (χ2v) is 10.7. The van der Waals surface area contributed by atoms with Crippen LogP contribution in [0.3, 0.4) is 0 Å². The molecule has 1 saturated heterocycles. The molecular formula is C30H39N7O2. The monoisotopic (exact) mass is 529 g/mol. The first-order chi connectivity index (χ1) is 18.8. The molecule has 2 heterocycles. The number of pyridine rings is 1. The molecule has 9 nitrogen and oxygen atoms in total. The van der Waals surface area contributed by atoms with Crippen molar-refractivity contribution in [3.05, 3.63) is 54.7 Å². The standard InChI is InChI=1S/C30H39N7O2/c1-5-30(39)34-27-18-26(11-12-28(27)36-16-14-24(15-17-36)35(3)4)37(21(2)38)25-9-7-23(8-10-25)33-29-13-6-22(19-31)20-32-29/h5-6,11-13,18,20,23-25H,1,7-10,14-17H2,2-4H3,(H,32,33)(H,34,39). The molecule has 2 aromatic rings. The maximum atomic E-state index is 12.9. The number of nitrogens with zero attached hydrogens (tertiary/aromatic N) is 5. The highest BCUT2D eigenvalue weighted by Gasteiger charge is 2.30. The predicted octanol–water partition coefficient (Wildman–Crippen LogP) is 4.38. The smallest absolute Gasteiger partial charge is 0.247 e. The van der Waals surface area contributed by atoms with E-state index in [0.29, 0.717) is 17.3 Å². The number of aromatic nitrogens is 1. The van der Waals surface area contributed by atoms with Gasteiger partial charge in [-0.05, 0) is 89.0 Å². The molecule has 206 valence electrons. The lowest BCUT2D eigenvalue weighted by molar-refractivity contribution is -0.117. The fourth-order valence-electron chi connectivity index (χ4n) is 5.74. The Morgan fingerprint density at radius 3 is 2.36 bits per heavy atom. The van der Waals surface area contributed by atoms with Crippen molar-refractivity contribution in [1.29, 1.82) is 5.26 Å². The van der Waals surface area contributed by atoms with Gasteiger partial charge in [-0.1, -0.05) is 6.58 Å². The molecule has 0 radical (unpaired) electrons. The van der Waals surface area contributed by atoms with Crippen LogP contribution in [0.25, 0.3) is 0 Å². The molecule has 0 atom stereocenters. The second-order valence-electron chi connectivity index (χ2n) is 10.7. The summed E-state index contributed by atoms with van der Waals surface area (Å²) in [5, 5.41) is 15.4. The van der Waals surface area contributed by atoms with Crippen LogP contribution in [0.4, 0.5) is 22.9 Å². The first-order valence-corrected chi connectivity index (χ1v) is 13.7. The number of amides is 2. The molecule has 9 heteroatoms. The molecule has 1 aromatic carbocycles. The van der Waals surface area contributed by atoms with Gasteiger partial charge in [0.2, 0.25) is 11.8 Å². The summed E-state index contributed by atoms with van der Waals surface area (Å²) in [6.45, 7) is 7.02. The maximum Gasteiger partial charge on any atom is 0.247 e. The number of benzene rings is 1. The van der Waals surface area contributed by atoms with Gasteiger partial charge in [-0.2, -0.15) is 5.26 Å². The lowest BCUT2D eigenvalue weighted by Gasteiger charge is -2.39. The summed E-state index contributed by atoms with van der Waals surface area (Å²) in [6, 6.07) is 12.5. The highest BCUT2D eigenvalue weighted by molar-refractivity contribution is 6.02. The van der Waals surface area contributed by atoms with Crippen molar-refractivity contribution in [3.8, 4) is 6.07 Å². The number of carbonyl (C=O) groups is 2. The molecule has 1 aliphatic heterocycles. The summed E-state index contributed by atoms with van der Waals surface area (Å²) in [5.41, 5.74) is 3.00. The van der Waals surface area contributed by atoms with Crippen molar-refractivity contribution in [2.45, 2.75) is 63.6 Å². The van der Waals surface area contributed by atoms with E-state index in [9.17, 15) is 9.59 Å². The van der Waals surface area contributed by atoms with E-state index in [1.165, 1.54) is 6.08 Å². The Bertz CT molecular complexity index is 1200. The van der Waals surface area contributed by atoms with E-state index in [1.54, 1.807) is 19.2 Å². The van der Waals surface area contributed by atoms with E-state index in [-0.39, 0.29) is 23.9 Å². The van der Waals surface area contributed by atoms with E-state index in [0.717, 1.165) is 68.8 Å². The van der Waals surface area contributed by atoms with Crippen LogP contribution < -0.4 is 20.4 Å². The van der Waals surface area contributed by atoms with Gasteiger partial charge in [0.1, 0.15) is 11.9 Å². The van der Waals surface area contributed by atoms with Gasteiger partial charge in [0, 0.05) is 50.0 Å². The average Bonchev–Trinajstić information content (AvgIpc) is 2.94. The summed E-state index contributed by atoms with van der Waals surface area (Å²) in [5.74, 6) is 0.475. The van der Waals surface area contributed by atoms with E-state index in [1.807, 2.05) is 29.2 Å². The van der Waals surface area contributed by atoms with Gasteiger partial charge < -0.3 is 25.3 Å². The van der Waals surface area contributed by atoms with Crippen molar-refractivity contribution in [2.24, 2.45) is 0 Å². The molecule has 1 aromatic heterocycles. The predicted molar refractivity (Wildman–Crippen MR) is 156 cm³/mol. The molecule has 4 rings (SSSR count). The van der Waals surface area contributed by atoms with Crippen molar-refractivity contribution in [2.75, 3.05) is 47.6 Å². The maximum absolute atomic E-state index is 12.9. The van der Waals surface area contributed by atoms with Crippen LogP contribution >= 0.6 is 0 Å². The summed E-state index contributed by atoms with van der Waals surface area (Å²) >= 11 is 0. The molecule has 0 unspecified atom stereocenters. The SMILES string of the molecule is C=CC(=O)Nc1cc(N(C(C)=O)C2CCC(Nc3ccc(C#N)cn3)CC2)ccc1N1CCC(N(C)C)CC1. The number of hydrogen-bond donors (Lipinski definition) is 2. The molecular weight excluding hydrogens is 490 g/mol. The van der Waals surface area contributed by atoms with Crippen LogP contribution in [0.2, 0.25) is 0 Å². The molecule has 2 aliphatic rings. The van der Waals surface area contributed by atoms with Crippen LogP contribution in [0.5, 0.6) is 0 Å². The van der Waals surface area contributed by atoms with E-state index in [4.69, 9.17) is 5.26 Å².